The van der Waals surface area contributed by atoms with E-state index in [0.29, 0.717) is 17.1 Å². The first-order valence-corrected chi connectivity index (χ1v) is 7.88. The lowest BCUT2D eigenvalue weighted by Crippen LogP contribution is -2.49. The zero-order valence-electron chi connectivity index (χ0n) is 12.6. The standard InChI is InChI=1S/C15H14FN3O3S/c1-3-11-18-19-14(23-11)17-13(21)15(2)7-8-6-9(16)4-5-10(8)12(20)22-15/h4-6H,3,7H2,1-2H3,(H,17,19,21). The summed E-state index contributed by atoms with van der Waals surface area (Å²) < 4.78 is 18.7. The fraction of sp³-hybridized carbons (Fsp3) is 0.333. The Bertz CT molecular complexity index is 792. The van der Waals surface area contributed by atoms with Gasteiger partial charge in [-0.05, 0) is 37.1 Å². The molecule has 8 heteroatoms. The summed E-state index contributed by atoms with van der Waals surface area (Å²) >= 11 is 1.26. The van der Waals surface area contributed by atoms with E-state index in [2.05, 4.69) is 15.5 Å². The zero-order chi connectivity index (χ0) is 16.6. The van der Waals surface area contributed by atoms with Crippen LogP contribution in [0.3, 0.4) is 0 Å². The van der Waals surface area contributed by atoms with E-state index in [1.807, 2.05) is 6.92 Å². The van der Waals surface area contributed by atoms with Crippen molar-refractivity contribution in [1.29, 1.82) is 0 Å². The van der Waals surface area contributed by atoms with Crippen molar-refractivity contribution in [2.45, 2.75) is 32.3 Å². The summed E-state index contributed by atoms with van der Waals surface area (Å²) in [5.41, 5.74) is -0.693. The second kappa shape index (κ2) is 5.69. The number of ether oxygens (including phenoxy) is 1. The quantitative estimate of drug-likeness (QED) is 0.871. The molecule has 6 nitrogen and oxygen atoms in total. The number of fused-ring (bicyclic) bond motifs is 1. The van der Waals surface area contributed by atoms with Gasteiger partial charge in [-0.1, -0.05) is 18.3 Å². The number of esters is 1. The van der Waals surface area contributed by atoms with Crippen LogP contribution in [0.5, 0.6) is 0 Å². The molecule has 2 aromatic rings. The summed E-state index contributed by atoms with van der Waals surface area (Å²) in [6.07, 6.45) is 0.809. The predicted molar refractivity (Wildman–Crippen MR) is 81.8 cm³/mol. The van der Waals surface area contributed by atoms with Crippen LogP contribution in [-0.2, 0) is 22.4 Å². The van der Waals surface area contributed by atoms with E-state index in [1.54, 1.807) is 0 Å². The van der Waals surface area contributed by atoms with Crippen LogP contribution in [0.1, 0.15) is 34.8 Å². The highest BCUT2D eigenvalue weighted by molar-refractivity contribution is 7.15. The normalized spacial score (nSPS) is 19.9. The van der Waals surface area contributed by atoms with Gasteiger partial charge in [0.25, 0.3) is 5.91 Å². The fourth-order valence-corrected chi connectivity index (χ4v) is 3.04. The molecule has 1 aliphatic rings. The molecular formula is C15H14FN3O3S. The minimum Gasteiger partial charge on any atom is -0.445 e. The zero-order valence-corrected chi connectivity index (χ0v) is 13.4. The second-order valence-corrected chi connectivity index (χ2v) is 6.47. The van der Waals surface area contributed by atoms with Crippen LogP contribution in [0, 0.1) is 5.82 Å². The Morgan fingerprint density at radius 3 is 2.96 bits per heavy atom. The van der Waals surface area contributed by atoms with E-state index >= 15 is 0 Å². The highest BCUT2D eigenvalue weighted by Crippen LogP contribution is 2.30. The largest absolute Gasteiger partial charge is 0.445 e. The van der Waals surface area contributed by atoms with Gasteiger partial charge in [-0.2, -0.15) is 0 Å². The van der Waals surface area contributed by atoms with E-state index in [9.17, 15) is 14.0 Å². The number of halogens is 1. The number of cyclic esters (lactones) is 1. The van der Waals surface area contributed by atoms with Gasteiger partial charge in [-0.25, -0.2) is 9.18 Å². The monoisotopic (exact) mass is 335 g/mol. The lowest BCUT2D eigenvalue weighted by molar-refractivity contribution is -0.134. The number of hydrogen-bond acceptors (Lipinski definition) is 6. The summed E-state index contributed by atoms with van der Waals surface area (Å²) in [7, 11) is 0. The van der Waals surface area contributed by atoms with E-state index < -0.39 is 23.3 Å². The Balaban J connectivity index is 1.84. The summed E-state index contributed by atoms with van der Waals surface area (Å²) in [6.45, 7) is 3.43. The third kappa shape index (κ3) is 2.94. The first-order chi connectivity index (χ1) is 10.9. The summed E-state index contributed by atoms with van der Waals surface area (Å²) in [5, 5.41) is 11.5. The van der Waals surface area contributed by atoms with Crippen LogP contribution in [-0.4, -0.2) is 27.7 Å². The summed E-state index contributed by atoms with van der Waals surface area (Å²) in [5.74, 6) is -1.62. The smallest absolute Gasteiger partial charge is 0.339 e. The maximum absolute atomic E-state index is 13.4. The topological polar surface area (TPSA) is 81.2 Å². The highest BCUT2D eigenvalue weighted by Gasteiger charge is 2.43. The molecule has 120 valence electrons. The molecule has 0 bridgehead atoms. The molecular weight excluding hydrogens is 321 g/mol. The van der Waals surface area contributed by atoms with Crippen molar-refractivity contribution in [3.63, 3.8) is 0 Å². The summed E-state index contributed by atoms with van der Waals surface area (Å²) in [4.78, 5) is 24.6. The van der Waals surface area contributed by atoms with Crippen molar-refractivity contribution in [2.24, 2.45) is 0 Å². The average Bonchev–Trinajstić information content (AvgIpc) is 2.94. The van der Waals surface area contributed by atoms with E-state index in [0.717, 1.165) is 5.01 Å². The number of nitrogens with zero attached hydrogens (tertiary/aromatic N) is 2. The van der Waals surface area contributed by atoms with Crippen molar-refractivity contribution in [3.8, 4) is 0 Å². The van der Waals surface area contributed by atoms with Gasteiger partial charge in [0.2, 0.25) is 5.13 Å². The molecule has 2 heterocycles. The van der Waals surface area contributed by atoms with Crippen molar-refractivity contribution in [1.82, 2.24) is 10.2 Å². The average molecular weight is 335 g/mol. The maximum atomic E-state index is 13.4. The van der Waals surface area contributed by atoms with Gasteiger partial charge >= 0.3 is 5.97 Å². The number of aromatic nitrogens is 2. The molecule has 1 aliphatic heterocycles. The molecule has 1 aromatic heterocycles. The minimum absolute atomic E-state index is 0.0944. The van der Waals surface area contributed by atoms with Gasteiger partial charge in [0.05, 0.1) is 5.56 Å². The Labute approximate surface area is 135 Å². The minimum atomic E-state index is -1.42. The Morgan fingerprint density at radius 2 is 2.26 bits per heavy atom. The number of anilines is 1. The first-order valence-electron chi connectivity index (χ1n) is 7.07. The van der Waals surface area contributed by atoms with Crippen molar-refractivity contribution >= 4 is 28.3 Å². The van der Waals surface area contributed by atoms with Crippen molar-refractivity contribution in [3.05, 3.63) is 40.2 Å². The number of benzene rings is 1. The lowest BCUT2D eigenvalue weighted by atomic mass is 9.89. The molecule has 0 saturated heterocycles. The van der Waals surface area contributed by atoms with Crippen LogP contribution < -0.4 is 5.32 Å². The van der Waals surface area contributed by atoms with Gasteiger partial charge in [0, 0.05) is 6.42 Å². The number of hydrogen-bond donors (Lipinski definition) is 1. The number of carbonyl (C=O) groups is 2. The molecule has 1 atom stereocenters. The van der Waals surface area contributed by atoms with Crippen LogP contribution in [0.2, 0.25) is 0 Å². The number of nitrogens with one attached hydrogen (secondary N) is 1. The molecule has 1 unspecified atom stereocenters. The molecule has 0 radical (unpaired) electrons. The first kappa shape index (κ1) is 15.5. The van der Waals surface area contributed by atoms with Crippen LogP contribution in [0.25, 0.3) is 0 Å². The molecule has 1 aromatic carbocycles. The van der Waals surface area contributed by atoms with Gasteiger partial charge in [-0.3, -0.25) is 10.1 Å². The van der Waals surface area contributed by atoms with Crippen LogP contribution in [0.4, 0.5) is 9.52 Å². The molecule has 0 saturated carbocycles. The van der Waals surface area contributed by atoms with Crippen LogP contribution in [0.15, 0.2) is 18.2 Å². The number of aryl methyl sites for hydroxylation is 1. The van der Waals surface area contributed by atoms with Gasteiger partial charge in [0.15, 0.2) is 5.60 Å². The SMILES string of the molecule is CCc1nnc(NC(=O)C2(C)Cc3cc(F)ccc3C(=O)O2)s1. The number of amides is 1. The Morgan fingerprint density at radius 1 is 1.48 bits per heavy atom. The molecule has 0 fully saturated rings. The van der Waals surface area contributed by atoms with Crippen LogP contribution >= 0.6 is 11.3 Å². The van der Waals surface area contributed by atoms with E-state index in [4.69, 9.17) is 4.74 Å². The van der Waals surface area contributed by atoms with Gasteiger partial charge < -0.3 is 4.74 Å². The molecule has 1 amide bonds. The molecule has 3 rings (SSSR count). The predicted octanol–water partition coefficient (Wildman–Crippen LogP) is 2.35. The molecule has 0 spiro atoms. The van der Waals surface area contributed by atoms with Gasteiger partial charge in [-0.15, -0.1) is 10.2 Å². The molecule has 1 N–H and O–H groups in total. The van der Waals surface area contributed by atoms with Crippen molar-refractivity contribution < 1.29 is 18.7 Å². The van der Waals surface area contributed by atoms with Gasteiger partial charge in [0.1, 0.15) is 10.8 Å². The number of rotatable bonds is 3. The third-order valence-corrected chi connectivity index (χ3v) is 4.59. The molecule has 0 aliphatic carbocycles. The summed E-state index contributed by atoms with van der Waals surface area (Å²) in [6, 6.07) is 3.81. The molecule has 23 heavy (non-hydrogen) atoms. The van der Waals surface area contributed by atoms with E-state index in [1.165, 1.54) is 36.5 Å². The Hall–Kier alpha value is -2.35. The maximum Gasteiger partial charge on any atom is 0.339 e. The highest BCUT2D eigenvalue weighted by atomic mass is 32.1. The third-order valence-electron chi connectivity index (χ3n) is 3.60. The fourth-order valence-electron chi connectivity index (χ4n) is 2.37. The number of carbonyl (C=O) groups excluding carboxylic acids is 2. The lowest BCUT2D eigenvalue weighted by Gasteiger charge is -2.32. The second-order valence-electron chi connectivity index (χ2n) is 5.41. The van der Waals surface area contributed by atoms with Crippen molar-refractivity contribution in [2.75, 3.05) is 5.32 Å². The van der Waals surface area contributed by atoms with E-state index in [-0.39, 0.29) is 12.0 Å². The Kier molecular flexibility index (Phi) is 3.85.